The van der Waals surface area contributed by atoms with E-state index in [4.69, 9.17) is 17.3 Å². The number of benzene rings is 2. The van der Waals surface area contributed by atoms with Gasteiger partial charge in [-0.15, -0.1) is 0 Å². The normalized spacial score (nSPS) is 14.0. The minimum Gasteiger partial charge on any atom is -0.388 e. The lowest BCUT2D eigenvalue weighted by Gasteiger charge is -2.23. The zero-order valence-corrected chi connectivity index (χ0v) is 11.6. The third-order valence-electron chi connectivity index (χ3n) is 3.28. The van der Waals surface area contributed by atoms with Crippen molar-refractivity contribution in [2.75, 3.05) is 6.54 Å². The molecule has 0 aliphatic heterocycles. The van der Waals surface area contributed by atoms with Crippen molar-refractivity contribution in [2.45, 2.75) is 12.0 Å². The van der Waals surface area contributed by atoms with Crippen molar-refractivity contribution in [3.8, 4) is 0 Å². The van der Waals surface area contributed by atoms with Crippen molar-refractivity contribution >= 4 is 11.6 Å². The average Bonchev–Trinajstić information content (AvgIpc) is 2.41. The Kier molecular flexibility index (Phi) is 4.88. The van der Waals surface area contributed by atoms with Crippen molar-refractivity contribution in [3.05, 3.63) is 70.0 Å². The Morgan fingerprint density at radius 1 is 1.00 bits per heavy atom. The molecular formula is C15H13ClF3NO. The quantitative estimate of drug-likeness (QED) is 0.906. The van der Waals surface area contributed by atoms with Gasteiger partial charge in [-0.3, -0.25) is 0 Å². The Balaban J connectivity index is 2.40. The molecule has 3 N–H and O–H groups in total. The first-order chi connectivity index (χ1) is 9.93. The maximum absolute atomic E-state index is 13.8. The van der Waals surface area contributed by atoms with Crippen LogP contribution >= 0.6 is 11.6 Å². The lowest BCUT2D eigenvalue weighted by atomic mass is 9.88. The lowest BCUT2D eigenvalue weighted by Crippen LogP contribution is -2.22. The molecule has 2 rings (SSSR count). The summed E-state index contributed by atoms with van der Waals surface area (Å²) >= 11 is 5.65. The SMILES string of the molecule is NCC(c1ccc(F)cc1F)C(O)c1ccc(Cl)cc1F. The lowest BCUT2D eigenvalue weighted by molar-refractivity contribution is 0.141. The van der Waals surface area contributed by atoms with Gasteiger partial charge in [0.1, 0.15) is 17.5 Å². The second-order valence-electron chi connectivity index (χ2n) is 4.62. The molecule has 0 aromatic heterocycles. The molecule has 0 spiro atoms. The molecule has 2 aromatic carbocycles. The van der Waals surface area contributed by atoms with Gasteiger partial charge in [0.2, 0.25) is 0 Å². The Bertz CT molecular complexity index is 651. The number of hydrogen-bond acceptors (Lipinski definition) is 2. The predicted octanol–water partition coefficient (Wildman–Crippen LogP) is 3.53. The molecule has 2 atom stereocenters. The number of aliphatic hydroxyl groups excluding tert-OH is 1. The van der Waals surface area contributed by atoms with E-state index in [9.17, 15) is 18.3 Å². The second kappa shape index (κ2) is 6.47. The molecule has 0 radical (unpaired) electrons. The van der Waals surface area contributed by atoms with E-state index in [1.807, 2.05) is 0 Å². The minimum absolute atomic E-state index is 0.0285. The molecule has 21 heavy (non-hydrogen) atoms. The number of nitrogens with two attached hydrogens (primary N) is 1. The van der Waals surface area contributed by atoms with Gasteiger partial charge in [0.25, 0.3) is 0 Å². The van der Waals surface area contributed by atoms with Crippen molar-refractivity contribution in [2.24, 2.45) is 5.73 Å². The summed E-state index contributed by atoms with van der Waals surface area (Å²) in [5.41, 5.74) is 5.55. The third-order valence-corrected chi connectivity index (χ3v) is 3.51. The van der Waals surface area contributed by atoms with E-state index in [2.05, 4.69) is 0 Å². The highest BCUT2D eigenvalue weighted by Crippen LogP contribution is 2.33. The van der Waals surface area contributed by atoms with Crippen LogP contribution in [0, 0.1) is 17.5 Å². The van der Waals surface area contributed by atoms with Crippen molar-refractivity contribution < 1.29 is 18.3 Å². The van der Waals surface area contributed by atoms with Crippen LogP contribution in [0.15, 0.2) is 36.4 Å². The van der Waals surface area contributed by atoms with Crippen LogP contribution in [0.1, 0.15) is 23.1 Å². The monoisotopic (exact) mass is 315 g/mol. The van der Waals surface area contributed by atoms with Crippen LogP contribution in [0.5, 0.6) is 0 Å². The van der Waals surface area contributed by atoms with Gasteiger partial charge in [-0.2, -0.15) is 0 Å². The molecule has 0 saturated heterocycles. The van der Waals surface area contributed by atoms with Crippen LogP contribution in [0.2, 0.25) is 5.02 Å². The summed E-state index contributed by atoms with van der Waals surface area (Å²) in [7, 11) is 0. The fraction of sp³-hybridized carbons (Fsp3) is 0.200. The zero-order valence-electron chi connectivity index (χ0n) is 10.9. The number of halogens is 4. The highest BCUT2D eigenvalue weighted by atomic mass is 35.5. The molecule has 0 fully saturated rings. The molecule has 6 heteroatoms. The average molecular weight is 316 g/mol. The highest BCUT2D eigenvalue weighted by molar-refractivity contribution is 6.30. The molecule has 2 nitrogen and oxygen atoms in total. The van der Waals surface area contributed by atoms with Gasteiger partial charge in [-0.25, -0.2) is 13.2 Å². The van der Waals surface area contributed by atoms with Gasteiger partial charge >= 0.3 is 0 Å². The van der Waals surface area contributed by atoms with Gasteiger partial charge < -0.3 is 10.8 Å². The van der Waals surface area contributed by atoms with Gasteiger partial charge in [-0.05, 0) is 23.8 Å². The molecule has 2 unspecified atom stereocenters. The first-order valence-electron chi connectivity index (χ1n) is 6.22. The van der Waals surface area contributed by atoms with Gasteiger partial charge in [0.15, 0.2) is 0 Å². The van der Waals surface area contributed by atoms with E-state index in [1.165, 1.54) is 18.2 Å². The maximum Gasteiger partial charge on any atom is 0.130 e. The van der Waals surface area contributed by atoms with E-state index in [0.717, 1.165) is 12.1 Å². The molecule has 0 bridgehead atoms. The van der Waals surface area contributed by atoms with E-state index in [0.29, 0.717) is 6.07 Å². The maximum atomic E-state index is 13.8. The first-order valence-corrected chi connectivity index (χ1v) is 6.60. The summed E-state index contributed by atoms with van der Waals surface area (Å²) in [4.78, 5) is 0. The summed E-state index contributed by atoms with van der Waals surface area (Å²) in [6, 6.07) is 6.73. The molecule has 2 aromatic rings. The molecule has 0 amide bonds. The predicted molar refractivity (Wildman–Crippen MR) is 74.5 cm³/mol. The van der Waals surface area contributed by atoms with E-state index < -0.39 is 29.5 Å². The fourth-order valence-corrected chi connectivity index (χ4v) is 2.35. The number of aliphatic hydroxyl groups is 1. The molecule has 0 heterocycles. The zero-order chi connectivity index (χ0) is 15.6. The largest absolute Gasteiger partial charge is 0.388 e. The minimum atomic E-state index is -1.37. The molecule has 0 saturated carbocycles. The smallest absolute Gasteiger partial charge is 0.130 e. The Labute approximate surface area is 125 Å². The molecule has 112 valence electrons. The highest BCUT2D eigenvalue weighted by Gasteiger charge is 2.26. The van der Waals surface area contributed by atoms with Crippen LogP contribution < -0.4 is 5.73 Å². The van der Waals surface area contributed by atoms with Crippen LogP contribution in [0.3, 0.4) is 0 Å². The molecule has 0 aliphatic carbocycles. The Hall–Kier alpha value is -1.56. The standard InChI is InChI=1S/C15H13ClF3NO/c16-8-1-3-11(13(18)5-8)15(21)12(7-20)10-4-2-9(17)6-14(10)19/h1-6,12,15,21H,7,20H2. The Morgan fingerprint density at radius 3 is 2.19 bits per heavy atom. The van der Waals surface area contributed by atoms with Crippen LogP contribution in [-0.2, 0) is 0 Å². The second-order valence-corrected chi connectivity index (χ2v) is 5.06. The third kappa shape index (κ3) is 3.37. The van der Waals surface area contributed by atoms with Crippen molar-refractivity contribution in [1.82, 2.24) is 0 Å². The molecular weight excluding hydrogens is 303 g/mol. The van der Waals surface area contributed by atoms with Crippen LogP contribution in [-0.4, -0.2) is 11.7 Å². The first kappa shape index (κ1) is 15.8. The summed E-state index contributed by atoms with van der Waals surface area (Å²) in [6.45, 7) is -0.133. The van der Waals surface area contributed by atoms with E-state index >= 15 is 0 Å². The fourth-order valence-electron chi connectivity index (χ4n) is 2.19. The summed E-state index contributed by atoms with van der Waals surface area (Å²) in [5.74, 6) is -3.18. The van der Waals surface area contributed by atoms with Gasteiger partial charge in [-0.1, -0.05) is 23.7 Å². The summed E-state index contributed by atoms with van der Waals surface area (Å²) < 4.78 is 40.6. The van der Waals surface area contributed by atoms with Crippen molar-refractivity contribution in [1.29, 1.82) is 0 Å². The Morgan fingerprint density at radius 2 is 1.62 bits per heavy atom. The summed E-state index contributed by atoms with van der Waals surface area (Å²) in [5, 5.41) is 10.5. The number of rotatable bonds is 4. The van der Waals surface area contributed by atoms with Crippen LogP contribution in [0.4, 0.5) is 13.2 Å². The van der Waals surface area contributed by atoms with E-state index in [-0.39, 0.29) is 22.7 Å². The van der Waals surface area contributed by atoms with E-state index in [1.54, 1.807) is 0 Å². The molecule has 0 aliphatic rings. The topological polar surface area (TPSA) is 46.2 Å². The van der Waals surface area contributed by atoms with Crippen LogP contribution in [0.25, 0.3) is 0 Å². The van der Waals surface area contributed by atoms with Crippen molar-refractivity contribution in [3.63, 3.8) is 0 Å². The van der Waals surface area contributed by atoms with Gasteiger partial charge in [0, 0.05) is 29.1 Å². The summed E-state index contributed by atoms with van der Waals surface area (Å²) in [6.07, 6.45) is -1.37. The van der Waals surface area contributed by atoms with Gasteiger partial charge in [0.05, 0.1) is 6.10 Å². The number of hydrogen-bond donors (Lipinski definition) is 2.